The van der Waals surface area contributed by atoms with E-state index < -0.39 is 0 Å². The van der Waals surface area contributed by atoms with Crippen LogP contribution in [-0.4, -0.2) is 79.1 Å². The number of amides is 1. The molecular formula is C28H38N6O4. The molecule has 0 unspecified atom stereocenters. The predicted octanol–water partition coefficient (Wildman–Crippen LogP) is 3.45. The summed E-state index contributed by atoms with van der Waals surface area (Å²) in [7, 11) is 1.61. The topological polar surface area (TPSA) is 125 Å². The highest BCUT2D eigenvalue weighted by atomic mass is 16.6. The standard InChI is InChI=1S/C23H26N6O3.C5H12O/c1-14-11-32-23(8-9-31-13-23)12-29(14)22-27-19(24)17-6-7-18(26-20(17)28-22)15-4-3-5-16(10-15)21(30)25-2;1-3-5-6-4-2/h3-7,10,14H,8-9,11-13H2,1-2H3,(H,25,30)(H2,24,26,27,28);3-5H2,1-2H3/t14-,23-;/m0./s1. The Morgan fingerprint density at radius 3 is 2.76 bits per heavy atom. The van der Waals surface area contributed by atoms with Crippen molar-refractivity contribution < 1.29 is 19.0 Å². The lowest BCUT2D eigenvalue weighted by molar-refractivity contribution is -0.0704. The van der Waals surface area contributed by atoms with Crippen LogP contribution in [0, 0.1) is 0 Å². The number of hydrogen-bond acceptors (Lipinski definition) is 9. The van der Waals surface area contributed by atoms with Gasteiger partial charge in [0.25, 0.3) is 5.91 Å². The van der Waals surface area contributed by atoms with E-state index in [1.807, 2.05) is 37.3 Å². The zero-order valence-electron chi connectivity index (χ0n) is 22.7. The molecule has 1 spiro atoms. The lowest BCUT2D eigenvalue weighted by atomic mass is 9.99. The number of hydrogen-bond donors (Lipinski definition) is 2. The third kappa shape index (κ3) is 6.20. The van der Waals surface area contributed by atoms with Crippen LogP contribution < -0.4 is 16.0 Å². The molecule has 0 bridgehead atoms. The minimum atomic E-state index is -0.324. The molecule has 0 radical (unpaired) electrons. The summed E-state index contributed by atoms with van der Waals surface area (Å²) >= 11 is 0. The van der Waals surface area contributed by atoms with Crippen molar-refractivity contribution in [3.05, 3.63) is 42.0 Å². The maximum Gasteiger partial charge on any atom is 0.251 e. The minimum absolute atomic E-state index is 0.102. The van der Waals surface area contributed by atoms with E-state index in [1.165, 1.54) is 0 Å². The number of ether oxygens (including phenoxy) is 3. The minimum Gasteiger partial charge on any atom is -0.383 e. The Balaban J connectivity index is 0.000000505. The molecule has 38 heavy (non-hydrogen) atoms. The number of carbonyl (C=O) groups is 1. The fraction of sp³-hybridized carbons (Fsp3) is 0.500. The van der Waals surface area contributed by atoms with Crippen molar-refractivity contribution in [1.82, 2.24) is 20.3 Å². The Labute approximate surface area is 223 Å². The van der Waals surface area contributed by atoms with E-state index in [4.69, 9.17) is 29.9 Å². The molecule has 0 aliphatic carbocycles. The van der Waals surface area contributed by atoms with Gasteiger partial charge in [-0.05, 0) is 44.5 Å². The zero-order valence-corrected chi connectivity index (χ0v) is 22.7. The molecule has 10 heteroatoms. The van der Waals surface area contributed by atoms with E-state index in [2.05, 4.69) is 29.0 Å². The molecule has 204 valence electrons. The van der Waals surface area contributed by atoms with Gasteiger partial charge in [0.15, 0.2) is 5.65 Å². The molecule has 1 amide bonds. The number of aromatic nitrogens is 3. The van der Waals surface area contributed by atoms with Gasteiger partial charge in [-0.3, -0.25) is 4.79 Å². The van der Waals surface area contributed by atoms with Crippen molar-refractivity contribution in [2.75, 3.05) is 57.3 Å². The van der Waals surface area contributed by atoms with Gasteiger partial charge in [-0.2, -0.15) is 9.97 Å². The molecule has 2 saturated heterocycles. The van der Waals surface area contributed by atoms with Crippen LogP contribution in [0.5, 0.6) is 0 Å². The van der Waals surface area contributed by atoms with Gasteiger partial charge in [0.05, 0.1) is 36.9 Å². The van der Waals surface area contributed by atoms with Crippen molar-refractivity contribution in [2.24, 2.45) is 0 Å². The predicted molar refractivity (Wildman–Crippen MR) is 148 cm³/mol. The SMILES string of the molecule is CCCOCC.CNC(=O)c1cccc(-c2ccc3c(N)nc(N4C[C@]5(CCOC5)OC[C@@H]4C)nc3n2)c1. The quantitative estimate of drug-likeness (QED) is 0.468. The Kier molecular flexibility index (Phi) is 9.09. The molecule has 0 saturated carbocycles. The lowest BCUT2D eigenvalue weighted by Crippen LogP contribution is -2.56. The van der Waals surface area contributed by atoms with Crippen molar-refractivity contribution in [3.63, 3.8) is 0 Å². The molecular weight excluding hydrogens is 484 g/mol. The molecule has 2 atom stereocenters. The van der Waals surface area contributed by atoms with Gasteiger partial charge < -0.3 is 30.2 Å². The average molecular weight is 523 g/mol. The van der Waals surface area contributed by atoms with Gasteiger partial charge in [-0.1, -0.05) is 19.1 Å². The molecule has 2 fully saturated rings. The van der Waals surface area contributed by atoms with E-state index in [0.29, 0.717) is 60.4 Å². The Morgan fingerprint density at radius 1 is 1.24 bits per heavy atom. The number of nitrogens with one attached hydrogen (secondary N) is 1. The van der Waals surface area contributed by atoms with E-state index in [-0.39, 0.29) is 17.6 Å². The van der Waals surface area contributed by atoms with Crippen molar-refractivity contribution in [1.29, 1.82) is 0 Å². The number of morpholine rings is 1. The molecule has 2 aromatic heterocycles. The number of nitrogen functional groups attached to an aromatic ring is 1. The van der Waals surface area contributed by atoms with Crippen LogP contribution in [-0.2, 0) is 14.2 Å². The van der Waals surface area contributed by atoms with Gasteiger partial charge in [0.2, 0.25) is 5.95 Å². The maximum atomic E-state index is 12.0. The Hall–Kier alpha value is -3.34. The third-order valence-corrected chi connectivity index (χ3v) is 6.72. The molecule has 2 aliphatic rings. The second-order valence-corrected chi connectivity index (χ2v) is 9.61. The molecule has 1 aromatic carbocycles. The van der Waals surface area contributed by atoms with Crippen LogP contribution in [0.15, 0.2) is 36.4 Å². The van der Waals surface area contributed by atoms with E-state index in [0.717, 1.165) is 31.6 Å². The first-order valence-electron chi connectivity index (χ1n) is 13.2. The molecule has 2 aliphatic heterocycles. The smallest absolute Gasteiger partial charge is 0.251 e. The fourth-order valence-corrected chi connectivity index (χ4v) is 4.56. The number of nitrogens with zero attached hydrogens (tertiary/aromatic N) is 4. The monoisotopic (exact) mass is 522 g/mol. The summed E-state index contributed by atoms with van der Waals surface area (Å²) in [5.41, 5.74) is 8.60. The summed E-state index contributed by atoms with van der Waals surface area (Å²) in [6.07, 6.45) is 1.98. The molecule has 10 nitrogen and oxygen atoms in total. The fourth-order valence-electron chi connectivity index (χ4n) is 4.56. The van der Waals surface area contributed by atoms with Crippen molar-refractivity contribution >= 4 is 28.7 Å². The second kappa shape index (κ2) is 12.5. The number of rotatable bonds is 6. The third-order valence-electron chi connectivity index (χ3n) is 6.72. The van der Waals surface area contributed by atoms with Gasteiger partial charge in [0.1, 0.15) is 11.4 Å². The van der Waals surface area contributed by atoms with Crippen LogP contribution >= 0.6 is 0 Å². The number of carbonyl (C=O) groups excluding carboxylic acids is 1. The van der Waals surface area contributed by atoms with Crippen LogP contribution in [0.1, 0.15) is 44.0 Å². The molecule has 3 aromatic rings. The van der Waals surface area contributed by atoms with Crippen LogP contribution in [0.4, 0.5) is 11.8 Å². The number of anilines is 2. The van der Waals surface area contributed by atoms with E-state index >= 15 is 0 Å². The summed E-state index contributed by atoms with van der Waals surface area (Å²) in [6.45, 7) is 10.5. The van der Waals surface area contributed by atoms with Crippen molar-refractivity contribution in [2.45, 2.75) is 45.3 Å². The Bertz CT molecular complexity index is 1240. The lowest BCUT2D eigenvalue weighted by Gasteiger charge is -2.43. The Morgan fingerprint density at radius 2 is 2.08 bits per heavy atom. The summed E-state index contributed by atoms with van der Waals surface area (Å²) in [4.78, 5) is 28.3. The van der Waals surface area contributed by atoms with Crippen LogP contribution in [0.3, 0.4) is 0 Å². The van der Waals surface area contributed by atoms with Gasteiger partial charge >= 0.3 is 0 Å². The van der Waals surface area contributed by atoms with Crippen LogP contribution in [0.2, 0.25) is 0 Å². The zero-order chi connectivity index (χ0) is 27.1. The summed E-state index contributed by atoms with van der Waals surface area (Å²) in [5, 5.41) is 3.34. The largest absolute Gasteiger partial charge is 0.383 e. The molecule has 5 rings (SSSR count). The summed E-state index contributed by atoms with van der Waals surface area (Å²) < 4.78 is 16.7. The highest BCUT2D eigenvalue weighted by Crippen LogP contribution is 2.33. The van der Waals surface area contributed by atoms with Crippen LogP contribution in [0.25, 0.3) is 22.3 Å². The normalized spacial score (nSPS) is 20.8. The first-order valence-corrected chi connectivity index (χ1v) is 13.2. The second-order valence-electron chi connectivity index (χ2n) is 9.61. The first-order chi connectivity index (χ1) is 18.4. The van der Waals surface area contributed by atoms with Gasteiger partial charge in [0, 0.05) is 44.4 Å². The highest BCUT2D eigenvalue weighted by molar-refractivity contribution is 5.95. The summed E-state index contributed by atoms with van der Waals surface area (Å²) in [5.74, 6) is 0.784. The summed E-state index contributed by atoms with van der Waals surface area (Å²) in [6, 6.07) is 11.2. The number of pyridine rings is 1. The number of benzene rings is 1. The average Bonchev–Trinajstić information content (AvgIpc) is 3.40. The number of nitrogens with two attached hydrogens (primary N) is 1. The van der Waals surface area contributed by atoms with E-state index in [1.54, 1.807) is 13.1 Å². The molecule has 4 heterocycles. The van der Waals surface area contributed by atoms with Crippen molar-refractivity contribution in [3.8, 4) is 11.3 Å². The number of fused-ring (bicyclic) bond motifs is 1. The van der Waals surface area contributed by atoms with E-state index in [9.17, 15) is 4.79 Å². The maximum absolute atomic E-state index is 12.0. The molecule has 3 N–H and O–H groups in total. The first kappa shape index (κ1) is 27.7. The highest BCUT2D eigenvalue weighted by Gasteiger charge is 2.43. The van der Waals surface area contributed by atoms with Gasteiger partial charge in [-0.15, -0.1) is 0 Å². The van der Waals surface area contributed by atoms with Gasteiger partial charge in [-0.25, -0.2) is 4.98 Å².